The number of fused-ring (bicyclic) bond motifs is 2. The highest BCUT2D eigenvalue weighted by atomic mass is 32.1. The van der Waals surface area contributed by atoms with Gasteiger partial charge in [-0.25, -0.2) is 19.7 Å². The van der Waals surface area contributed by atoms with Crippen LogP contribution in [0.3, 0.4) is 0 Å². The predicted molar refractivity (Wildman–Crippen MR) is 325 cm³/mol. The molecule has 0 aliphatic carbocycles. The van der Waals surface area contributed by atoms with Crippen LogP contribution in [-0.4, -0.2) is 91.8 Å². The molecule has 5 heterocycles. The second-order valence-electron chi connectivity index (χ2n) is 22.4. The van der Waals surface area contributed by atoms with Gasteiger partial charge in [0.1, 0.15) is 35.5 Å². The molecular weight excluding hydrogens is 1100 g/mol. The number of likely N-dealkylation sites (tertiary alicyclic amines) is 1. The fourth-order valence-corrected chi connectivity index (χ4v) is 12.6. The minimum Gasteiger partial charge on any atom is -0.476 e. The van der Waals surface area contributed by atoms with Gasteiger partial charge in [-0.3, -0.25) is 29.3 Å². The number of amides is 4. The molecule has 4 amide bonds. The normalized spacial score (nSPS) is 15.7. The Labute approximate surface area is 495 Å². The van der Waals surface area contributed by atoms with Crippen molar-refractivity contribution in [3.05, 3.63) is 172 Å². The first-order chi connectivity index (χ1) is 40.3. The summed E-state index contributed by atoms with van der Waals surface area (Å²) in [6.45, 7) is 13.5. The Morgan fingerprint density at radius 3 is 2.32 bits per heavy atom. The topological polar surface area (TPSA) is 222 Å². The van der Waals surface area contributed by atoms with Gasteiger partial charge in [0.05, 0.1) is 38.9 Å². The standard InChI is InChI=1S/C65H66N8O9S2/c1-37-47(48-29-30-55(69-57(48)63(79)80)72-32-31-43-14-11-16-49(50(43)35-72)60(76)71-64-68-51-17-8-9-19-54(51)84-64)15-12-18-53(37)82-45-27-21-41(22-28-45)13-10-20-56(75)70-59(65(5,6)7)62(78)73-34-46(81-40(4)74)33-52(73)61(77)67-38(2)42-23-25-44(26-24-42)58-39(3)66-36-83-58/h8-9,11-12,14-19,21-30,36,38,46,52,59H,10,13,20,31-35H2,1-7H3,(H,67,77)(H,70,75)(H,79,80)(H,68,71,76)/t38-,46+,52-,59+/m0/s1. The molecule has 0 saturated carbocycles. The number of para-hydroxylation sites is 1. The van der Waals surface area contributed by atoms with Crippen LogP contribution in [0.25, 0.3) is 31.8 Å². The number of hydrogen-bond acceptors (Lipinski definition) is 14. The fourth-order valence-electron chi connectivity index (χ4n) is 11.0. The summed E-state index contributed by atoms with van der Waals surface area (Å²) in [6, 6.07) is 35.6. The maximum Gasteiger partial charge on any atom is 0.355 e. The molecule has 3 aromatic heterocycles. The van der Waals surface area contributed by atoms with Gasteiger partial charge >= 0.3 is 11.9 Å². The molecule has 4 atom stereocenters. The summed E-state index contributed by atoms with van der Waals surface area (Å²) in [5.41, 5.74) is 9.82. The van der Waals surface area contributed by atoms with Gasteiger partial charge in [0.15, 0.2) is 10.8 Å². The summed E-state index contributed by atoms with van der Waals surface area (Å²) >= 11 is 2.97. The van der Waals surface area contributed by atoms with E-state index in [4.69, 9.17) is 14.5 Å². The number of hydrogen-bond donors (Lipinski definition) is 4. The maximum atomic E-state index is 14.5. The van der Waals surface area contributed by atoms with Crippen molar-refractivity contribution in [1.29, 1.82) is 0 Å². The van der Waals surface area contributed by atoms with E-state index in [-0.39, 0.29) is 42.8 Å². The van der Waals surface area contributed by atoms with Gasteiger partial charge in [0.25, 0.3) is 5.91 Å². The Kier molecular flexibility index (Phi) is 17.3. The number of carboxylic acids is 1. The summed E-state index contributed by atoms with van der Waals surface area (Å²) in [5, 5.41) is 20.1. The number of anilines is 2. The molecule has 0 radical (unpaired) electrons. The molecule has 1 fully saturated rings. The number of rotatable bonds is 18. The molecule has 17 nitrogen and oxygen atoms in total. The Bertz CT molecular complexity index is 3760. The van der Waals surface area contributed by atoms with E-state index >= 15 is 0 Å². The van der Waals surface area contributed by atoms with E-state index in [1.165, 1.54) is 23.2 Å². The zero-order chi connectivity index (χ0) is 59.4. The molecule has 4 N–H and O–H groups in total. The summed E-state index contributed by atoms with van der Waals surface area (Å²) in [6.07, 6.45) is 1.24. The van der Waals surface area contributed by atoms with Gasteiger partial charge in [-0.15, -0.1) is 11.3 Å². The van der Waals surface area contributed by atoms with Gasteiger partial charge in [0.2, 0.25) is 17.7 Å². The summed E-state index contributed by atoms with van der Waals surface area (Å²) < 4.78 is 12.9. The number of carboxylic acid groups (broad SMARTS) is 1. The molecule has 0 spiro atoms. The van der Waals surface area contributed by atoms with Crippen molar-refractivity contribution in [2.75, 3.05) is 23.3 Å². The Morgan fingerprint density at radius 2 is 1.61 bits per heavy atom. The number of aromatic nitrogens is 3. The quantitative estimate of drug-likeness (QED) is 0.0588. The van der Waals surface area contributed by atoms with Crippen LogP contribution in [0, 0.1) is 19.3 Å². The molecule has 0 unspecified atom stereocenters. The number of aryl methyl sites for hydroxylation is 2. The third-order valence-corrected chi connectivity index (χ3v) is 17.3. The number of carbonyl (C=O) groups excluding carboxylic acids is 5. The van der Waals surface area contributed by atoms with Crippen LogP contribution >= 0.6 is 22.7 Å². The van der Waals surface area contributed by atoms with E-state index in [0.29, 0.717) is 71.5 Å². The smallest absolute Gasteiger partial charge is 0.355 e. The number of benzene rings is 5. The number of nitrogens with one attached hydrogen (secondary N) is 3. The van der Waals surface area contributed by atoms with Gasteiger partial charge in [-0.05, 0) is 133 Å². The Morgan fingerprint density at radius 1 is 0.845 bits per heavy atom. The van der Waals surface area contributed by atoms with Crippen molar-refractivity contribution < 1.29 is 43.3 Å². The van der Waals surface area contributed by atoms with E-state index < -0.39 is 47.5 Å². The Balaban J connectivity index is 0.747. The number of nitrogens with zero attached hydrogens (tertiary/aromatic N) is 5. The number of ether oxygens (including phenoxy) is 2. The number of carbonyl (C=O) groups is 6. The minimum atomic E-state index is -1.18. The van der Waals surface area contributed by atoms with Crippen LogP contribution < -0.4 is 25.6 Å². The molecule has 432 valence electrons. The second-order valence-corrected chi connectivity index (χ2v) is 24.3. The lowest BCUT2D eigenvalue weighted by Gasteiger charge is -2.35. The van der Waals surface area contributed by atoms with Gasteiger partial charge in [0, 0.05) is 44.0 Å². The lowest BCUT2D eigenvalue weighted by Crippen LogP contribution is -2.57. The predicted octanol–water partition coefficient (Wildman–Crippen LogP) is 11.7. The molecule has 8 aromatic rings. The molecule has 19 heteroatoms. The van der Waals surface area contributed by atoms with Crippen LogP contribution in [0.2, 0.25) is 0 Å². The second kappa shape index (κ2) is 25.0. The van der Waals surface area contributed by atoms with Crippen LogP contribution in [0.5, 0.6) is 11.5 Å². The van der Waals surface area contributed by atoms with E-state index in [1.54, 1.807) is 23.5 Å². The van der Waals surface area contributed by atoms with E-state index in [2.05, 4.69) is 25.9 Å². The number of aromatic carboxylic acids is 1. The van der Waals surface area contributed by atoms with Crippen molar-refractivity contribution >= 4 is 79.4 Å². The zero-order valence-corrected chi connectivity index (χ0v) is 49.5. The molecular formula is C65H66N8O9S2. The Hall–Kier alpha value is -8.81. The number of pyridine rings is 1. The first-order valence-corrected chi connectivity index (χ1v) is 29.7. The first-order valence-electron chi connectivity index (χ1n) is 28.0. The molecule has 0 bridgehead atoms. The van der Waals surface area contributed by atoms with E-state index in [0.717, 1.165) is 54.2 Å². The molecule has 2 aliphatic rings. The molecule has 5 aromatic carbocycles. The van der Waals surface area contributed by atoms with Crippen molar-refractivity contribution in [2.45, 2.75) is 111 Å². The highest BCUT2D eigenvalue weighted by molar-refractivity contribution is 7.22. The first kappa shape index (κ1) is 58.4. The average Bonchev–Trinajstić information content (AvgIpc) is 4.00. The highest BCUT2D eigenvalue weighted by Gasteiger charge is 2.46. The zero-order valence-electron chi connectivity index (χ0n) is 47.9. The third kappa shape index (κ3) is 13.2. The van der Waals surface area contributed by atoms with Crippen molar-refractivity contribution in [1.82, 2.24) is 30.5 Å². The van der Waals surface area contributed by atoms with E-state index in [1.807, 2.05) is 161 Å². The number of esters is 1. The lowest BCUT2D eigenvalue weighted by atomic mass is 9.85. The van der Waals surface area contributed by atoms with Crippen LogP contribution in [0.15, 0.2) is 127 Å². The molecule has 84 heavy (non-hydrogen) atoms. The van der Waals surface area contributed by atoms with Crippen LogP contribution in [0.1, 0.15) is 114 Å². The third-order valence-electron chi connectivity index (χ3n) is 15.4. The van der Waals surface area contributed by atoms with Gasteiger partial charge in [-0.2, -0.15) is 0 Å². The largest absolute Gasteiger partial charge is 0.476 e. The highest BCUT2D eigenvalue weighted by Crippen LogP contribution is 2.37. The molecule has 1 saturated heterocycles. The van der Waals surface area contributed by atoms with Gasteiger partial charge in [-0.1, -0.05) is 105 Å². The minimum absolute atomic E-state index is 0.00769. The van der Waals surface area contributed by atoms with Crippen molar-refractivity contribution in [2.24, 2.45) is 5.41 Å². The summed E-state index contributed by atoms with van der Waals surface area (Å²) in [5.74, 6) is -1.51. The van der Waals surface area contributed by atoms with Crippen LogP contribution in [0.4, 0.5) is 10.9 Å². The monoisotopic (exact) mass is 1170 g/mol. The van der Waals surface area contributed by atoms with Crippen molar-refractivity contribution in [3.8, 4) is 33.1 Å². The molecule has 10 rings (SSSR count). The SMILES string of the molecule is CC(=O)O[C@@H]1C[C@@H](C(=O)N[C@@H](C)c2ccc(-c3scnc3C)cc2)N(C(=O)[C@@H](NC(=O)CCCc2ccc(Oc3cccc(-c4ccc(N5CCc6cccc(C(=O)Nc7nc8ccccc8s7)c6C5)nc4C(=O)O)c3C)cc2)C(C)(C)C)C1. The summed E-state index contributed by atoms with van der Waals surface area (Å²) in [4.78, 5) is 99.1. The van der Waals surface area contributed by atoms with Crippen LogP contribution in [-0.2, 0) is 43.3 Å². The summed E-state index contributed by atoms with van der Waals surface area (Å²) in [7, 11) is 0. The maximum absolute atomic E-state index is 14.5. The fraction of sp³-hybridized carbons (Fsp3) is 0.308. The van der Waals surface area contributed by atoms with Gasteiger partial charge < -0.3 is 35.0 Å². The number of thiazole rings is 2. The lowest BCUT2D eigenvalue weighted by molar-refractivity contribution is -0.147. The van der Waals surface area contributed by atoms with E-state index in [9.17, 15) is 33.9 Å². The average molecular weight is 1170 g/mol. The molecule has 2 aliphatic heterocycles. The van der Waals surface area contributed by atoms with Crippen molar-refractivity contribution in [3.63, 3.8) is 0 Å².